The molecular formula is C29H29NO4S. The van der Waals surface area contributed by atoms with E-state index in [9.17, 15) is 9.59 Å². The number of hydrogen-bond donors (Lipinski definition) is 0. The van der Waals surface area contributed by atoms with Crippen LogP contribution in [-0.4, -0.2) is 29.2 Å². The van der Waals surface area contributed by atoms with Crippen LogP contribution in [0.5, 0.6) is 11.5 Å². The molecule has 1 fully saturated rings. The lowest BCUT2D eigenvalue weighted by molar-refractivity contribution is -0.124. The molecule has 1 aliphatic rings. The zero-order valence-corrected chi connectivity index (χ0v) is 21.1. The van der Waals surface area contributed by atoms with Crippen molar-refractivity contribution < 1.29 is 19.1 Å². The number of amides is 2. The Labute approximate surface area is 210 Å². The lowest BCUT2D eigenvalue weighted by Gasteiger charge is -2.19. The summed E-state index contributed by atoms with van der Waals surface area (Å²) in [7, 11) is 1.60. The number of ether oxygens (including phenoxy) is 2. The van der Waals surface area contributed by atoms with Gasteiger partial charge in [0.15, 0.2) is 11.5 Å². The Morgan fingerprint density at radius 1 is 1.09 bits per heavy atom. The zero-order valence-electron chi connectivity index (χ0n) is 20.2. The van der Waals surface area contributed by atoms with Crippen molar-refractivity contribution in [3.63, 3.8) is 0 Å². The molecule has 0 N–H and O–H groups in total. The van der Waals surface area contributed by atoms with Crippen LogP contribution in [-0.2, 0) is 17.8 Å². The van der Waals surface area contributed by atoms with E-state index in [0.717, 1.165) is 39.2 Å². The number of benzene rings is 3. The van der Waals surface area contributed by atoms with E-state index in [0.29, 0.717) is 35.9 Å². The molecule has 1 aliphatic heterocycles. The maximum absolute atomic E-state index is 12.9. The molecule has 0 spiro atoms. The monoisotopic (exact) mass is 487 g/mol. The second-order valence-corrected chi connectivity index (χ2v) is 9.43. The summed E-state index contributed by atoms with van der Waals surface area (Å²) in [4.78, 5) is 27.0. The molecule has 0 bridgehead atoms. The van der Waals surface area contributed by atoms with Gasteiger partial charge in [0.1, 0.15) is 6.61 Å². The van der Waals surface area contributed by atoms with E-state index >= 15 is 0 Å². The van der Waals surface area contributed by atoms with E-state index in [4.69, 9.17) is 9.47 Å². The molecule has 0 aliphatic carbocycles. The first kappa shape index (κ1) is 24.6. The quantitative estimate of drug-likeness (QED) is 0.240. The van der Waals surface area contributed by atoms with Crippen LogP contribution < -0.4 is 9.47 Å². The summed E-state index contributed by atoms with van der Waals surface area (Å²) < 4.78 is 12.0. The Bertz CT molecular complexity index is 1310. The smallest absolute Gasteiger partial charge is 0.293 e. The van der Waals surface area contributed by atoms with Gasteiger partial charge in [-0.1, -0.05) is 55.5 Å². The molecule has 35 heavy (non-hydrogen) atoms. The molecule has 1 heterocycles. The summed E-state index contributed by atoms with van der Waals surface area (Å²) in [6, 6.07) is 18.0. The fraction of sp³-hybridized carbons (Fsp3) is 0.241. The van der Waals surface area contributed by atoms with Crippen LogP contribution in [0.15, 0.2) is 72.2 Å². The van der Waals surface area contributed by atoms with Crippen molar-refractivity contribution in [2.75, 3.05) is 7.11 Å². The molecule has 0 saturated carbocycles. The van der Waals surface area contributed by atoms with Crippen molar-refractivity contribution in [1.29, 1.82) is 0 Å². The lowest BCUT2D eigenvalue weighted by Crippen LogP contribution is -2.36. The van der Waals surface area contributed by atoms with Crippen LogP contribution >= 0.6 is 11.8 Å². The van der Waals surface area contributed by atoms with Crippen LogP contribution in [0.1, 0.15) is 37.0 Å². The Kier molecular flexibility index (Phi) is 7.61. The Morgan fingerprint density at radius 2 is 1.86 bits per heavy atom. The summed E-state index contributed by atoms with van der Waals surface area (Å²) in [5, 5.41) is 2.07. The molecule has 0 unspecified atom stereocenters. The Hall–Kier alpha value is -3.51. The summed E-state index contributed by atoms with van der Waals surface area (Å²) >= 11 is 0.972. The van der Waals surface area contributed by atoms with E-state index in [2.05, 4.69) is 30.8 Å². The van der Waals surface area contributed by atoms with Crippen LogP contribution in [0, 0.1) is 0 Å². The van der Waals surface area contributed by atoms with Gasteiger partial charge in [0.25, 0.3) is 11.1 Å². The van der Waals surface area contributed by atoms with Gasteiger partial charge < -0.3 is 9.47 Å². The molecular weight excluding hydrogens is 458 g/mol. The molecule has 3 aromatic carbocycles. The third-order valence-corrected chi connectivity index (χ3v) is 7.03. The number of methoxy groups -OCH3 is 1. The van der Waals surface area contributed by atoms with Crippen LogP contribution in [0.4, 0.5) is 4.79 Å². The van der Waals surface area contributed by atoms with E-state index < -0.39 is 0 Å². The molecule has 0 aromatic heterocycles. The van der Waals surface area contributed by atoms with Gasteiger partial charge in [-0.3, -0.25) is 14.5 Å². The predicted octanol–water partition coefficient (Wildman–Crippen LogP) is 6.99. The van der Waals surface area contributed by atoms with Crippen molar-refractivity contribution in [1.82, 2.24) is 4.90 Å². The van der Waals surface area contributed by atoms with Crippen molar-refractivity contribution >= 4 is 39.8 Å². The normalized spacial score (nSPS) is 15.6. The van der Waals surface area contributed by atoms with Crippen LogP contribution in [0.2, 0.25) is 0 Å². The second-order valence-electron chi connectivity index (χ2n) is 8.44. The number of hydrogen-bond acceptors (Lipinski definition) is 5. The third kappa shape index (κ3) is 5.13. The number of imide groups is 1. The molecule has 180 valence electrons. The van der Waals surface area contributed by atoms with Crippen LogP contribution in [0.3, 0.4) is 0 Å². The Balaban J connectivity index is 1.66. The average Bonchev–Trinajstić information content (AvgIpc) is 3.15. The number of allylic oxidation sites excluding steroid dienone is 1. The topological polar surface area (TPSA) is 55.8 Å². The number of nitrogens with zero attached hydrogens (tertiary/aromatic N) is 1. The minimum absolute atomic E-state index is 0.135. The van der Waals surface area contributed by atoms with Gasteiger partial charge in [-0.05, 0) is 71.6 Å². The third-order valence-electron chi connectivity index (χ3n) is 6.14. The molecule has 5 nitrogen and oxygen atoms in total. The van der Waals surface area contributed by atoms with E-state index in [1.807, 2.05) is 44.2 Å². The number of rotatable bonds is 9. The molecule has 1 saturated heterocycles. The zero-order chi connectivity index (χ0) is 24.9. The largest absolute Gasteiger partial charge is 0.493 e. The first-order valence-corrected chi connectivity index (χ1v) is 12.5. The summed E-state index contributed by atoms with van der Waals surface area (Å²) in [5.41, 5.74) is 2.75. The molecule has 6 heteroatoms. The van der Waals surface area contributed by atoms with E-state index in [-0.39, 0.29) is 17.2 Å². The highest BCUT2D eigenvalue weighted by Gasteiger charge is 2.37. The highest BCUT2D eigenvalue weighted by Crippen LogP contribution is 2.38. The van der Waals surface area contributed by atoms with Gasteiger partial charge in [0.2, 0.25) is 0 Å². The second kappa shape index (κ2) is 10.8. The highest BCUT2D eigenvalue weighted by atomic mass is 32.2. The summed E-state index contributed by atoms with van der Waals surface area (Å²) in [6.07, 6.45) is 4.83. The fourth-order valence-electron chi connectivity index (χ4n) is 4.15. The standard InChI is InChI=1S/C29H29NO4S/c1-5-10-22-15-20(17-26-28(31)30(19(3)6-2)29(32)35-26)16-25(33-4)27(22)34-18-23-13-9-12-21-11-7-8-14-24(21)23/h5,7-9,11-17,19H,1,6,10,18H2,2-4H3/b26-17+/t19-/m0/s1. The number of carbonyl (C=O) groups excluding carboxylic acids is 2. The minimum Gasteiger partial charge on any atom is -0.493 e. The van der Waals surface area contributed by atoms with Gasteiger partial charge in [-0.2, -0.15) is 0 Å². The molecule has 2 amide bonds. The summed E-state index contributed by atoms with van der Waals surface area (Å²) in [6.45, 7) is 8.11. The van der Waals surface area contributed by atoms with Gasteiger partial charge in [-0.15, -0.1) is 6.58 Å². The van der Waals surface area contributed by atoms with Crippen molar-refractivity contribution in [3.05, 3.63) is 88.8 Å². The van der Waals surface area contributed by atoms with Crippen LogP contribution in [0.25, 0.3) is 16.8 Å². The van der Waals surface area contributed by atoms with Gasteiger partial charge in [0.05, 0.1) is 12.0 Å². The van der Waals surface area contributed by atoms with E-state index in [1.54, 1.807) is 19.3 Å². The number of thioether (sulfide) groups is 1. The molecule has 1 atom stereocenters. The first-order chi connectivity index (χ1) is 17.0. The minimum atomic E-state index is -0.255. The van der Waals surface area contributed by atoms with Gasteiger partial charge in [-0.25, -0.2) is 0 Å². The average molecular weight is 488 g/mol. The number of carbonyl (C=O) groups is 2. The predicted molar refractivity (Wildman–Crippen MR) is 143 cm³/mol. The highest BCUT2D eigenvalue weighted by molar-refractivity contribution is 8.18. The van der Waals surface area contributed by atoms with Gasteiger partial charge >= 0.3 is 0 Å². The molecule has 0 radical (unpaired) electrons. The van der Waals surface area contributed by atoms with Crippen molar-refractivity contribution in [2.45, 2.75) is 39.3 Å². The molecule has 4 rings (SSSR count). The van der Waals surface area contributed by atoms with Crippen molar-refractivity contribution in [3.8, 4) is 11.5 Å². The Morgan fingerprint density at radius 3 is 2.60 bits per heavy atom. The van der Waals surface area contributed by atoms with E-state index in [1.165, 1.54) is 4.90 Å². The van der Waals surface area contributed by atoms with Gasteiger partial charge in [0, 0.05) is 11.6 Å². The SMILES string of the molecule is C=CCc1cc(/C=C2/SC(=O)N([C@@H](C)CC)C2=O)cc(OC)c1OCc1cccc2ccccc12. The fourth-order valence-corrected chi connectivity index (χ4v) is 5.08. The number of fused-ring (bicyclic) bond motifs is 1. The first-order valence-electron chi connectivity index (χ1n) is 11.6. The maximum atomic E-state index is 12.9. The van der Waals surface area contributed by atoms with Crippen molar-refractivity contribution in [2.24, 2.45) is 0 Å². The summed E-state index contributed by atoms with van der Waals surface area (Å²) in [5.74, 6) is 0.956. The maximum Gasteiger partial charge on any atom is 0.293 e. The lowest BCUT2D eigenvalue weighted by atomic mass is 10.0. The molecule has 3 aromatic rings.